The Kier molecular flexibility index (Phi) is 5.21. The molecule has 1 N–H and O–H groups in total. The molecule has 3 rings (SSSR count). The number of aryl methyl sites for hydroxylation is 1. The van der Waals surface area contributed by atoms with Gasteiger partial charge in [0.25, 0.3) is 5.91 Å². The van der Waals surface area contributed by atoms with Crippen LogP contribution in [-0.4, -0.2) is 17.6 Å². The summed E-state index contributed by atoms with van der Waals surface area (Å²) in [7, 11) is 0. The van der Waals surface area contributed by atoms with Crippen LogP contribution in [0.3, 0.4) is 0 Å². The molecule has 2 aromatic carbocycles. The van der Waals surface area contributed by atoms with Crippen molar-refractivity contribution in [3.63, 3.8) is 0 Å². The van der Waals surface area contributed by atoms with Crippen molar-refractivity contribution in [2.75, 3.05) is 0 Å². The summed E-state index contributed by atoms with van der Waals surface area (Å²) in [5.74, 6) is 1.47. The molecule has 4 nitrogen and oxygen atoms in total. The van der Waals surface area contributed by atoms with Gasteiger partial charge in [-0.1, -0.05) is 37.3 Å². The largest absolute Gasteiger partial charge is 0.487 e. The van der Waals surface area contributed by atoms with E-state index in [1.807, 2.05) is 76.2 Å². The number of benzene rings is 2. The Morgan fingerprint density at radius 1 is 1.27 bits per heavy atom. The van der Waals surface area contributed by atoms with E-state index < -0.39 is 6.10 Å². The van der Waals surface area contributed by atoms with Gasteiger partial charge in [0, 0.05) is 12.0 Å². The third kappa shape index (κ3) is 4.18. The van der Waals surface area contributed by atoms with Crippen molar-refractivity contribution in [3.05, 3.63) is 59.7 Å². The first kappa shape index (κ1) is 18.3. The second kappa shape index (κ2) is 7.40. The zero-order valence-electron chi connectivity index (χ0n) is 15.9. The van der Waals surface area contributed by atoms with Crippen molar-refractivity contribution >= 4 is 5.91 Å². The molecule has 1 heterocycles. The first-order valence-electron chi connectivity index (χ1n) is 9.19. The van der Waals surface area contributed by atoms with Gasteiger partial charge in [-0.15, -0.1) is 0 Å². The van der Waals surface area contributed by atoms with Crippen LogP contribution < -0.4 is 14.8 Å². The highest BCUT2D eigenvalue weighted by Crippen LogP contribution is 2.39. The Labute approximate surface area is 155 Å². The van der Waals surface area contributed by atoms with E-state index in [4.69, 9.17) is 9.47 Å². The van der Waals surface area contributed by atoms with Crippen molar-refractivity contribution in [1.29, 1.82) is 0 Å². The van der Waals surface area contributed by atoms with Crippen LogP contribution in [0.4, 0.5) is 0 Å². The Morgan fingerprint density at radius 3 is 2.77 bits per heavy atom. The molecule has 26 heavy (non-hydrogen) atoms. The highest BCUT2D eigenvalue weighted by molar-refractivity contribution is 5.81. The topological polar surface area (TPSA) is 47.6 Å². The summed E-state index contributed by atoms with van der Waals surface area (Å²) in [6, 6.07) is 15.6. The molecule has 0 radical (unpaired) electrons. The van der Waals surface area contributed by atoms with Gasteiger partial charge in [0.15, 0.2) is 6.10 Å². The predicted octanol–water partition coefficient (Wildman–Crippen LogP) is 4.57. The van der Waals surface area contributed by atoms with Crippen LogP contribution >= 0.6 is 0 Å². The zero-order chi connectivity index (χ0) is 18.7. The summed E-state index contributed by atoms with van der Waals surface area (Å²) >= 11 is 0. The van der Waals surface area contributed by atoms with Crippen LogP contribution in [0.25, 0.3) is 0 Å². The lowest BCUT2D eigenvalue weighted by Crippen LogP contribution is -2.45. The Hall–Kier alpha value is -2.49. The monoisotopic (exact) mass is 353 g/mol. The highest BCUT2D eigenvalue weighted by atomic mass is 16.5. The zero-order valence-corrected chi connectivity index (χ0v) is 15.9. The number of hydrogen-bond acceptors (Lipinski definition) is 3. The average molecular weight is 353 g/mol. The van der Waals surface area contributed by atoms with E-state index in [0.29, 0.717) is 6.42 Å². The number of nitrogens with one attached hydrogen (secondary N) is 1. The van der Waals surface area contributed by atoms with Crippen molar-refractivity contribution in [3.8, 4) is 11.5 Å². The molecule has 1 aliphatic heterocycles. The van der Waals surface area contributed by atoms with Gasteiger partial charge in [0.2, 0.25) is 0 Å². The number of para-hydroxylation sites is 1. The number of carbonyl (C=O) groups excluding carboxylic acids is 1. The molecular weight excluding hydrogens is 326 g/mol. The minimum absolute atomic E-state index is 0.0855. The SMILES string of the molecule is CC[C@@H](Oc1cccc(C)c1)C(=O)N[C@H]1CC(C)(C)Oc2ccccc21. The number of ether oxygens (including phenoxy) is 2. The summed E-state index contributed by atoms with van der Waals surface area (Å²) < 4.78 is 12.0. The molecule has 0 saturated carbocycles. The van der Waals surface area contributed by atoms with Crippen molar-refractivity contribution < 1.29 is 14.3 Å². The number of rotatable bonds is 5. The molecule has 0 bridgehead atoms. The van der Waals surface area contributed by atoms with Gasteiger partial charge < -0.3 is 14.8 Å². The fourth-order valence-corrected chi connectivity index (χ4v) is 3.37. The van der Waals surface area contributed by atoms with E-state index in [0.717, 1.165) is 29.0 Å². The van der Waals surface area contributed by atoms with Gasteiger partial charge in [0.1, 0.15) is 17.1 Å². The van der Waals surface area contributed by atoms with E-state index in [1.165, 1.54) is 0 Å². The van der Waals surface area contributed by atoms with E-state index in [2.05, 4.69) is 5.32 Å². The van der Waals surface area contributed by atoms with E-state index >= 15 is 0 Å². The minimum Gasteiger partial charge on any atom is -0.487 e. The molecule has 0 saturated heterocycles. The quantitative estimate of drug-likeness (QED) is 0.856. The van der Waals surface area contributed by atoms with E-state index in [9.17, 15) is 4.79 Å². The Bertz CT molecular complexity index is 784. The fourth-order valence-electron chi connectivity index (χ4n) is 3.37. The van der Waals surface area contributed by atoms with Crippen molar-refractivity contribution in [1.82, 2.24) is 5.32 Å². The highest BCUT2D eigenvalue weighted by Gasteiger charge is 2.35. The van der Waals surface area contributed by atoms with Crippen molar-refractivity contribution in [2.45, 2.75) is 58.3 Å². The van der Waals surface area contributed by atoms with Crippen LogP contribution in [0.2, 0.25) is 0 Å². The van der Waals surface area contributed by atoms with Gasteiger partial charge in [-0.3, -0.25) is 4.79 Å². The molecule has 0 aliphatic carbocycles. The van der Waals surface area contributed by atoms with Crippen molar-refractivity contribution in [2.24, 2.45) is 0 Å². The molecule has 0 fully saturated rings. The molecule has 2 aromatic rings. The third-order valence-corrected chi connectivity index (χ3v) is 4.62. The summed E-state index contributed by atoms with van der Waals surface area (Å²) in [4.78, 5) is 12.9. The van der Waals surface area contributed by atoms with Gasteiger partial charge in [-0.05, 0) is 51.0 Å². The smallest absolute Gasteiger partial charge is 0.261 e. The number of amides is 1. The molecule has 138 valence electrons. The van der Waals surface area contributed by atoms with Crippen LogP contribution in [0.1, 0.15) is 50.8 Å². The second-order valence-corrected chi connectivity index (χ2v) is 7.50. The first-order chi connectivity index (χ1) is 12.4. The van der Waals surface area contributed by atoms with Gasteiger partial charge in [-0.2, -0.15) is 0 Å². The lowest BCUT2D eigenvalue weighted by atomic mass is 9.89. The molecule has 0 spiro atoms. The van der Waals surface area contributed by atoms with E-state index in [1.54, 1.807) is 0 Å². The van der Waals surface area contributed by atoms with Gasteiger partial charge >= 0.3 is 0 Å². The molecule has 0 unspecified atom stereocenters. The van der Waals surface area contributed by atoms with Gasteiger partial charge in [0.05, 0.1) is 6.04 Å². The summed E-state index contributed by atoms with van der Waals surface area (Å²) in [5.41, 5.74) is 1.80. The summed E-state index contributed by atoms with van der Waals surface area (Å²) in [5, 5.41) is 3.17. The lowest BCUT2D eigenvalue weighted by molar-refractivity contribution is -0.129. The minimum atomic E-state index is -0.519. The van der Waals surface area contributed by atoms with E-state index in [-0.39, 0.29) is 17.6 Å². The van der Waals surface area contributed by atoms with Crippen LogP contribution in [0.15, 0.2) is 48.5 Å². The normalized spacial score (nSPS) is 19.0. The Balaban J connectivity index is 1.75. The maximum Gasteiger partial charge on any atom is 0.261 e. The molecule has 1 amide bonds. The van der Waals surface area contributed by atoms with Gasteiger partial charge in [-0.25, -0.2) is 0 Å². The molecule has 0 aromatic heterocycles. The fraction of sp³-hybridized carbons (Fsp3) is 0.409. The summed E-state index contributed by atoms with van der Waals surface area (Å²) in [6.07, 6.45) is 0.805. The lowest BCUT2D eigenvalue weighted by Gasteiger charge is -2.38. The van der Waals surface area contributed by atoms with Crippen LogP contribution in [0, 0.1) is 6.92 Å². The predicted molar refractivity (Wildman–Crippen MR) is 103 cm³/mol. The number of fused-ring (bicyclic) bond motifs is 1. The second-order valence-electron chi connectivity index (χ2n) is 7.50. The average Bonchev–Trinajstić information content (AvgIpc) is 2.58. The summed E-state index contributed by atoms with van der Waals surface area (Å²) in [6.45, 7) is 8.06. The van der Waals surface area contributed by atoms with Crippen LogP contribution in [0.5, 0.6) is 11.5 Å². The van der Waals surface area contributed by atoms with Crippen LogP contribution in [-0.2, 0) is 4.79 Å². The first-order valence-corrected chi connectivity index (χ1v) is 9.19. The molecule has 4 heteroatoms. The number of hydrogen-bond donors (Lipinski definition) is 1. The molecule has 2 atom stereocenters. The maximum absolute atomic E-state index is 12.9. The third-order valence-electron chi connectivity index (χ3n) is 4.62. The number of carbonyl (C=O) groups is 1. The Morgan fingerprint density at radius 2 is 2.04 bits per heavy atom. The molecular formula is C22H27NO3. The molecule has 1 aliphatic rings. The maximum atomic E-state index is 12.9. The standard InChI is InChI=1S/C22H27NO3/c1-5-19(25-16-10-8-9-15(2)13-16)21(24)23-18-14-22(3,4)26-20-12-7-6-11-17(18)20/h6-13,18-19H,5,14H2,1-4H3,(H,23,24)/t18-,19+/m0/s1.